The van der Waals surface area contributed by atoms with E-state index in [-0.39, 0.29) is 5.69 Å². The van der Waals surface area contributed by atoms with Crippen molar-refractivity contribution in [3.8, 4) is 5.75 Å². The highest BCUT2D eigenvalue weighted by Crippen LogP contribution is 2.29. The van der Waals surface area contributed by atoms with Gasteiger partial charge in [0, 0.05) is 0 Å². The highest BCUT2D eigenvalue weighted by atomic mass is 35.5. The molecule has 0 bridgehead atoms. The molecule has 0 heterocycles. The Bertz CT molecular complexity index is 759. The first-order chi connectivity index (χ1) is 11.9. The largest absolute Gasteiger partial charge is 0.479 e. The Balaban J connectivity index is 1.85. The number of carbonyl (C=O) groups excluding carboxylic acids is 2. The molecule has 2 aromatic carbocycles. The molecule has 0 radical (unpaired) electrons. The molecule has 7 heteroatoms. The summed E-state index contributed by atoms with van der Waals surface area (Å²) in [7, 11) is 0. The highest BCUT2D eigenvalue weighted by Gasteiger charge is 2.18. The number of halogens is 2. The summed E-state index contributed by atoms with van der Waals surface area (Å²) < 4.78 is 10.5. The quantitative estimate of drug-likeness (QED) is 0.759. The normalized spacial score (nSPS) is 11.5. The van der Waals surface area contributed by atoms with Crippen molar-refractivity contribution in [1.29, 1.82) is 0 Å². The molecule has 1 N–H and O–H groups in total. The molecule has 0 saturated carbocycles. The summed E-state index contributed by atoms with van der Waals surface area (Å²) in [5.74, 6) is -0.648. The monoisotopic (exact) mass is 381 g/mol. The number of hydrogen-bond acceptors (Lipinski definition) is 4. The fourth-order valence-electron chi connectivity index (χ4n) is 1.99. The second-order valence-electron chi connectivity index (χ2n) is 5.33. The van der Waals surface area contributed by atoms with Crippen molar-refractivity contribution in [1.82, 2.24) is 0 Å². The molecule has 1 amide bonds. The van der Waals surface area contributed by atoms with Crippen molar-refractivity contribution >= 4 is 40.8 Å². The minimum Gasteiger partial charge on any atom is -0.479 e. The lowest BCUT2D eigenvalue weighted by Crippen LogP contribution is -2.29. The van der Waals surface area contributed by atoms with Crippen molar-refractivity contribution in [2.24, 2.45) is 0 Å². The summed E-state index contributed by atoms with van der Waals surface area (Å²) in [5, 5.41) is 3.10. The number of esters is 1. The van der Waals surface area contributed by atoms with E-state index in [4.69, 9.17) is 32.7 Å². The van der Waals surface area contributed by atoms with Crippen molar-refractivity contribution in [3.05, 3.63) is 58.1 Å². The zero-order valence-electron chi connectivity index (χ0n) is 13.7. The predicted molar refractivity (Wildman–Crippen MR) is 97.3 cm³/mol. The maximum Gasteiger partial charge on any atom is 0.347 e. The molecule has 5 nitrogen and oxygen atoms in total. The van der Waals surface area contributed by atoms with Crippen LogP contribution in [0, 0.1) is 6.92 Å². The summed E-state index contributed by atoms with van der Waals surface area (Å²) in [6.07, 6.45) is -0.849. The van der Waals surface area contributed by atoms with Crippen molar-refractivity contribution in [2.45, 2.75) is 20.0 Å². The van der Waals surface area contributed by atoms with Gasteiger partial charge in [-0.3, -0.25) is 4.79 Å². The third kappa shape index (κ3) is 5.66. The minimum absolute atomic E-state index is 0.274. The van der Waals surface area contributed by atoms with Gasteiger partial charge in [0.15, 0.2) is 12.7 Å². The topological polar surface area (TPSA) is 64.6 Å². The van der Waals surface area contributed by atoms with E-state index in [0.29, 0.717) is 15.8 Å². The van der Waals surface area contributed by atoms with Crippen LogP contribution in [-0.4, -0.2) is 24.6 Å². The molecule has 2 rings (SSSR count). The van der Waals surface area contributed by atoms with Crippen molar-refractivity contribution in [3.63, 3.8) is 0 Å². The maximum atomic E-state index is 11.9. The maximum absolute atomic E-state index is 11.9. The average molecular weight is 382 g/mol. The first-order valence-electron chi connectivity index (χ1n) is 7.50. The van der Waals surface area contributed by atoms with Crippen molar-refractivity contribution < 1.29 is 19.1 Å². The van der Waals surface area contributed by atoms with E-state index in [2.05, 4.69) is 5.32 Å². The Morgan fingerprint density at radius 1 is 1.12 bits per heavy atom. The first-order valence-corrected chi connectivity index (χ1v) is 8.26. The zero-order valence-corrected chi connectivity index (χ0v) is 15.2. The summed E-state index contributed by atoms with van der Waals surface area (Å²) >= 11 is 11.9. The van der Waals surface area contributed by atoms with Crippen LogP contribution < -0.4 is 10.1 Å². The van der Waals surface area contributed by atoms with E-state index >= 15 is 0 Å². The van der Waals surface area contributed by atoms with Gasteiger partial charge in [0.05, 0.1) is 15.7 Å². The lowest BCUT2D eigenvalue weighted by molar-refractivity contribution is -0.153. The van der Waals surface area contributed by atoms with E-state index in [1.165, 1.54) is 0 Å². The number of anilines is 1. The molecule has 0 saturated heterocycles. The van der Waals surface area contributed by atoms with Crippen LogP contribution in [0.15, 0.2) is 42.5 Å². The van der Waals surface area contributed by atoms with Crippen LogP contribution in [0.3, 0.4) is 0 Å². The Hall–Kier alpha value is -2.24. The van der Waals surface area contributed by atoms with Gasteiger partial charge < -0.3 is 14.8 Å². The molecule has 0 unspecified atom stereocenters. The van der Waals surface area contributed by atoms with E-state index in [9.17, 15) is 9.59 Å². The molecule has 0 spiro atoms. The van der Waals surface area contributed by atoms with Crippen LogP contribution in [0.5, 0.6) is 5.75 Å². The molecular formula is C18H17Cl2NO4. The molecule has 25 heavy (non-hydrogen) atoms. The van der Waals surface area contributed by atoms with Gasteiger partial charge in [0.2, 0.25) is 0 Å². The van der Waals surface area contributed by atoms with Gasteiger partial charge in [-0.2, -0.15) is 0 Å². The molecule has 2 aromatic rings. The standard InChI is InChI=1S/C18H17Cl2NO4/c1-11-5-3-6-13(9-11)25-12(2)18(23)24-10-16(22)21-17-14(19)7-4-8-15(17)20/h3-9,12H,10H2,1-2H3,(H,21,22)/t12-/m0/s1. The summed E-state index contributed by atoms with van der Waals surface area (Å²) in [6, 6.07) is 12.1. The molecule has 1 atom stereocenters. The van der Waals surface area contributed by atoms with Gasteiger partial charge in [-0.25, -0.2) is 4.79 Å². The minimum atomic E-state index is -0.849. The van der Waals surface area contributed by atoms with Crippen molar-refractivity contribution in [2.75, 3.05) is 11.9 Å². The lowest BCUT2D eigenvalue weighted by atomic mass is 10.2. The number of rotatable bonds is 6. The van der Waals surface area contributed by atoms with Crippen LogP contribution in [0.1, 0.15) is 12.5 Å². The number of nitrogens with one attached hydrogen (secondary N) is 1. The molecule has 0 aliphatic rings. The fraction of sp³-hybridized carbons (Fsp3) is 0.222. The average Bonchev–Trinajstić information content (AvgIpc) is 2.56. The molecule has 0 fully saturated rings. The predicted octanol–water partition coefficient (Wildman–Crippen LogP) is 4.25. The van der Waals surface area contributed by atoms with E-state index in [0.717, 1.165) is 5.56 Å². The third-order valence-corrected chi connectivity index (χ3v) is 3.84. The highest BCUT2D eigenvalue weighted by molar-refractivity contribution is 6.39. The van der Waals surface area contributed by atoms with Gasteiger partial charge in [0.25, 0.3) is 5.91 Å². The van der Waals surface area contributed by atoms with Crippen LogP contribution in [0.25, 0.3) is 0 Å². The number of benzene rings is 2. The molecule has 0 aliphatic carbocycles. The number of carbonyl (C=O) groups is 2. The number of hydrogen-bond donors (Lipinski definition) is 1. The Labute approximate surface area is 155 Å². The van der Waals surface area contributed by atoms with E-state index in [1.54, 1.807) is 37.3 Å². The molecular weight excluding hydrogens is 365 g/mol. The van der Waals surface area contributed by atoms with Gasteiger partial charge in [-0.15, -0.1) is 0 Å². The van der Waals surface area contributed by atoms with Gasteiger partial charge in [-0.05, 0) is 43.7 Å². The summed E-state index contributed by atoms with van der Waals surface area (Å²) in [4.78, 5) is 23.8. The van der Waals surface area contributed by atoms with Crippen LogP contribution >= 0.6 is 23.2 Å². The first kappa shape index (κ1) is 19.1. The number of amides is 1. The lowest BCUT2D eigenvalue weighted by Gasteiger charge is -2.14. The number of ether oxygens (including phenoxy) is 2. The Morgan fingerprint density at radius 3 is 2.40 bits per heavy atom. The summed E-state index contributed by atoms with van der Waals surface area (Å²) in [6.45, 7) is 3.00. The van der Waals surface area contributed by atoms with Gasteiger partial charge in [0.1, 0.15) is 5.75 Å². The second kappa shape index (κ2) is 8.74. The molecule has 0 aromatic heterocycles. The smallest absolute Gasteiger partial charge is 0.347 e. The molecule has 132 valence electrons. The Morgan fingerprint density at radius 2 is 1.76 bits per heavy atom. The fourth-order valence-corrected chi connectivity index (χ4v) is 2.48. The van der Waals surface area contributed by atoms with E-state index in [1.807, 2.05) is 19.1 Å². The van der Waals surface area contributed by atoms with Crippen LogP contribution in [-0.2, 0) is 14.3 Å². The number of aryl methyl sites for hydroxylation is 1. The SMILES string of the molecule is Cc1cccc(O[C@@H](C)C(=O)OCC(=O)Nc2c(Cl)cccc2Cl)c1. The second-order valence-corrected chi connectivity index (χ2v) is 6.14. The molecule has 0 aliphatic heterocycles. The van der Waals surface area contributed by atoms with Crippen LogP contribution in [0.2, 0.25) is 10.0 Å². The number of para-hydroxylation sites is 1. The van der Waals surface area contributed by atoms with Crippen LogP contribution in [0.4, 0.5) is 5.69 Å². The Kier molecular flexibility index (Phi) is 6.67. The third-order valence-electron chi connectivity index (χ3n) is 3.21. The van der Waals surface area contributed by atoms with Gasteiger partial charge in [-0.1, -0.05) is 41.4 Å². The van der Waals surface area contributed by atoms with E-state index < -0.39 is 24.6 Å². The zero-order chi connectivity index (χ0) is 18.4. The summed E-state index contributed by atoms with van der Waals surface area (Å²) in [5.41, 5.74) is 1.28. The van der Waals surface area contributed by atoms with Gasteiger partial charge >= 0.3 is 5.97 Å².